The molecule has 0 saturated carbocycles. The Hall–Kier alpha value is -0.540. The van der Waals surface area contributed by atoms with Gasteiger partial charge in [0.25, 0.3) is 0 Å². The molecular weight excluding hydrogens is 254 g/mol. The lowest BCUT2D eigenvalue weighted by atomic mass is 10.1. The van der Waals surface area contributed by atoms with E-state index in [0.29, 0.717) is 6.04 Å². The smallest absolute Gasteiger partial charge is 0.125 e. The maximum absolute atomic E-state index is 5.78. The highest BCUT2D eigenvalue weighted by molar-refractivity contribution is 9.10. The Balaban J connectivity index is 3.02. The first kappa shape index (κ1) is 12.5. The summed E-state index contributed by atoms with van der Waals surface area (Å²) < 4.78 is 6.83. The summed E-state index contributed by atoms with van der Waals surface area (Å²) in [4.78, 5) is 0. The summed E-state index contributed by atoms with van der Waals surface area (Å²) >= 11 is 3.46. The molecule has 0 bridgehead atoms. The van der Waals surface area contributed by atoms with Gasteiger partial charge < -0.3 is 10.1 Å². The first-order valence-electron chi connectivity index (χ1n) is 5.18. The normalized spacial score (nSPS) is 12.9. The molecule has 84 valence electrons. The molecule has 0 saturated heterocycles. The van der Waals surface area contributed by atoms with E-state index in [1.54, 1.807) is 0 Å². The second-order valence-electron chi connectivity index (χ2n) is 3.86. The topological polar surface area (TPSA) is 21.3 Å². The molecular formula is C12H18BrNO. The molecule has 1 unspecified atom stereocenters. The van der Waals surface area contributed by atoms with Crippen LogP contribution in [0.15, 0.2) is 22.7 Å². The minimum atomic E-state index is 0.196. The number of hydrogen-bond donors (Lipinski definition) is 1. The van der Waals surface area contributed by atoms with Crippen molar-refractivity contribution in [3.63, 3.8) is 0 Å². The van der Waals surface area contributed by atoms with E-state index in [0.717, 1.165) is 10.2 Å². The van der Waals surface area contributed by atoms with Gasteiger partial charge in [-0.25, -0.2) is 0 Å². The van der Waals surface area contributed by atoms with Gasteiger partial charge >= 0.3 is 0 Å². The van der Waals surface area contributed by atoms with Gasteiger partial charge in [0.1, 0.15) is 5.75 Å². The summed E-state index contributed by atoms with van der Waals surface area (Å²) in [6.07, 6.45) is 0.196. The van der Waals surface area contributed by atoms with Gasteiger partial charge in [-0.3, -0.25) is 0 Å². The molecule has 0 heterocycles. The van der Waals surface area contributed by atoms with Crippen LogP contribution in [0.1, 0.15) is 32.4 Å². The van der Waals surface area contributed by atoms with Gasteiger partial charge in [-0.15, -0.1) is 0 Å². The molecule has 1 aromatic carbocycles. The third-order valence-corrected chi connectivity index (χ3v) is 2.73. The maximum Gasteiger partial charge on any atom is 0.125 e. The third kappa shape index (κ3) is 3.50. The van der Waals surface area contributed by atoms with Gasteiger partial charge in [-0.2, -0.15) is 0 Å². The highest BCUT2D eigenvalue weighted by Gasteiger charge is 2.11. The maximum atomic E-state index is 5.78. The Morgan fingerprint density at radius 2 is 1.93 bits per heavy atom. The monoisotopic (exact) mass is 271 g/mol. The summed E-state index contributed by atoms with van der Waals surface area (Å²) in [5.74, 6) is 0.946. The van der Waals surface area contributed by atoms with Crippen LogP contribution in [-0.4, -0.2) is 13.2 Å². The van der Waals surface area contributed by atoms with Crippen LogP contribution in [0.25, 0.3) is 0 Å². The van der Waals surface area contributed by atoms with Crippen LogP contribution in [0, 0.1) is 0 Å². The molecule has 1 N–H and O–H groups in total. The quantitative estimate of drug-likeness (QED) is 0.905. The molecule has 0 amide bonds. The molecule has 0 aliphatic heterocycles. The minimum Gasteiger partial charge on any atom is -0.491 e. The summed E-state index contributed by atoms with van der Waals surface area (Å²) in [6, 6.07) is 6.44. The lowest BCUT2D eigenvalue weighted by molar-refractivity contribution is 0.238. The summed E-state index contributed by atoms with van der Waals surface area (Å²) in [7, 11) is 1.95. The Kier molecular flexibility index (Phi) is 4.61. The van der Waals surface area contributed by atoms with Crippen LogP contribution in [0.5, 0.6) is 5.75 Å². The van der Waals surface area contributed by atoms with Gasteiger partial charge in [0, 0.05) is 16.1 Å². The number of hydrogen-bond acceptors (Lipinski definition) is 2. The second-order valence-corrected chi connectivity index (χ2v) is 4.77. The molecule has 0 aromatic heterocycles. The molecule has 1 aromatic rings. The van der Waals surface area contributed by atoms with Crippen LogP contribution in [0.3, 0.4) is 0 Å². The predicted octanol–water partition coefficient (Wildman–Crippen LogP) is 3.52. The van der Waals surface area contributed by atoms with Crippen molar-refractivity contribution in [2.75, 3.05) is 7.05 Å². The van der Waals surface area contributed by atoms with Gasteiger partial charge in [-0.1, -0.05) is 22.0 Å². The van der Waals surface area contributed by atoms with E-state index in [9.17, 15) is 0 Å². The third-order valence-electron chi connectivity index (χ3n) is 2.24. The number of ether oxygens (including phenoxy) is 1. The predicted molar refractivity (Wildman–Crippen MR) is 67.4 cm³/mol. The van der Waals surface area contributed by atoms with Crippen molar-refractivity contribution < 1.29 is 4.74 Å². The first-order valence-corrected chi connectivity index (χ1v) is 5.97. The van der Waals surface area contributed by atoms with Crippen LogP contribution in [0.4, 0.5) is 0 Å². The zero-order chi connectivity index (χ0) is 11.4. The lowest BCUT2D eigenvalue weighted by Crippen LogP contribution is -2.15. The zero-order valence-corrected chi connectivity index (χ0v) is 11.3. The Morgan fingerprint density at radius 3 is 2.47 bits per heavy atom. The molecule has 0 aliphatic carbocycles. The van der Waals surface area contributed by atoms with E-state index >= 15 is 0 Å². The largest absolute Gasteiger partial charge is 0.491 e. The van der Waals surface area contributed by atoms with Gasteiger partial charge in [0.05, 0.1) is 6.10 Å². The SMILES string of the molecule is CNC(C)c1ccc(Br)cc1OC(C)C. The van der Waals surface area contributed by atoms with Crippen molar-refractivity contribution in [3.05, 3.63) is 28.2 Å². The molecule has 0 spiro atoms. The first-order chi connectivity index (χ1) is 7.04. The van der Waals surface area contributed by atoms with Crippen molar-refractivity contribution in [2.24, 2.45) is 0 Å². The molecule has 0 fully saturated rings. The number of benzene rings is 1. The number of nitrogens with one attached hydrogen (secondary N) is 1. The highest BCUT2D eigenvalue weighted by Crippen LogP contribution is 2.29. The summed E-state index contributed by atoms with van der Waals surface area (Å²) in [5, 5.41) is 3.22. The van der Waals surface area contributed by atoms with Crippen molar-refractivity contribution in [3.8, 4) is 5.75 Å². The van der Waals surface area contributed by atoms with Crippen LogP contribution < -0.4 is 10.1 Å². The Bertz CT molecular complexity index is 325. The fourth-order valence-electron chi connectivity index (χ4n) is 1.38. The molecule has 0 radical (unpaired) electrons. The molecule has 2 nitrogen and oxygen atoms in total. The fourth-order valence-corrected chi connectivity index (χ4v) is 1.72. The number of halogens is 1. The number of rotatable bonds is 4. The summed E-state index contributed by atoms with van der Waals surface area (Å²) in [5.41, 5.74) is 1.19. The van der Waals surface area contributed by atoms with Gasteiger partial charge in [0.15, 0.2) is 0 Å². The fraction of sp³-hybridized carbons (Fsp3) is 0.500. The highest BCUT2D eigenvalue weighted by atomic mass is 79.9. The van der Waals surface area contributed by atoms with Crippen LogP contribution in [-0.2, 0) is 0 Å². The minimum absolute atomic E-state index is 0.196. The van der Waals surface area contributed by atoms with E-state index in [4.69, 9.17) is 4.74 Å². The van der Waals surface area contributed by atoms with E-state index in [1.807, 2.05) is 33.0 Å². The summed E-state index contributed by atoms with van der Waals surface area (Å²) in [6.45, 7) is 6.19. The van der Waals surface area contributed by atoms with Crippen molar-refractivity contribution in [1.82, 2.24) is 5.32 Å². The van der Waals surface area contributed by atoms with E-state index in [2.05, 4.69) is 34.2 Å². The van der Waals surface area contributed by atoms with Crippen molar-refractivity contribution in [2.45, 2.75) is 32.9 Å². The zero-order valence-electron chi connectivity index (χ0n) is 9.67. The average molecular weight is 272 g/mol. The van der Waals surface area contributed by atoms with Gasteiger partial charge in [-0.05, 0) is 40.0 Å². The van der Waals surface area contributed by atoms with Crippen LogP contribution in [0.2, 0.25) is 0 Å². The second kappa shape index (κ2) is 5.52. The van der Waals surface area contributed by atoms with Gasteiger partial charge in [0.2, 0.25) is 0 Å². The molecule has 3 heteroatoms. The molecule has 1 rings (SSSR count). The van der Waals surface area contributed by atoms with Crippen molar-refractivity contribution >= 4 is 15.9 Å². The van der Waals surface area contributed by atoms with E-state index < -0.39 is 0 Å². The van der Waals surface area contributed by atoms with E-state index in [1.165, 1.54) is 5.56 Å². The van der Waals surface area contributed by atoms with Crippen molar-refractivity contribution in [1.29, 1.82) is 0 Å². The lowest BCUT2D eigenvalue weighted by Gasteiger charge is -2.18. The molecule has 1 atom stereocenters. The average Bonchev–Trinajstić information content (AvgIpc) is 2.16. The Morgan fingerprint density at radius 1 is 1.27 bits per heavy atom. The van der Waals surface area contributed by atoms with E-state index in [-0.39, 0.29) is 6.10 Å². The molecule has 15 heavy (non-hydrogen) atoms. The molecule has 0 aliphatic rings. The Labute approximate surface area is 100 Å². The standard InChI is InChI=1S/C12H18BrNO/c1-8(2)15-12-7-10(13)5-6-11(12)9(3)14-4/h5-9,14H,1-4H3. The van der Waals surface area contributed by atoms with Crippen LogP contribution >= 0.6 is 15.9 Å².